The molecule has 0 unspecified atom stereocenters. The fourth-order valence-electron chi connectivity index (χ4n) is 3.28. The maximum atomic E-state index is 12.5. The molecule has 152 valence electrons. The molecular weight excluding hydrogens is 388 g/mol. The molecule has 0 bridgehead atoms. The van der Waals surface area contributed by atoms with E-state index >= 15 is 0 Å². The molecule has 0 radical (unpaired) electrons. The molecule has 0 saturated heterocycles. The van der Waals surface area contributed by atoms with E-state index in [1.165, 1.54) is 11.3 Å². The van der Waals surface area contributed by atoms with Crippen molar-refractivity contribution in [1.29, 1.82) is 0 Å². The van der Waals surface area contributed by atoms with Crippen LogP contribution in [0.5, 0.6) is 16.7 Å². The van der Waals surface area contributed by atoms with Crippen LogP contribution in [0.25, 0.3) is 0 Å². The topological polar surface area (TPSA) is 80.3 Å². The van der Waals surface area contributed by atoms with Gasteiger partial charge in [-0.3, -0.25) is 9.69 Å². The lowest BCUT2D eigenvalue weighted by Gasteiger charge is -2.27. The number of benzene rings is 1. The lowest BCUT2D eigenvalue weighted by atomic mass is 10.1. The number of thiazole rings is 1. The zero-order valence-electron chi connectivity index (χ0n) is 16.8. The summed E-state index contributed by atoms with van der Waals surface area (Å²) in [5.74, 6) is 2.49. The molecule has 3 aromatic rings. The normalized spacial score (nSPS) is 14.1. The highest BCUT2D eigenvalue weighted by atomic mass is 32.1. The Kier molecular flexibility index (Phi) is 5.64. The van der Waals surface area contributed by atoms with Gasteiger partial charge in [0, 0.05) is 43.0 Å². The molecule has 0 fully saturated rings. The first-order chi connectivity index (χ1) is 14.0. The van der Waals surface area contributed by atoms with E-state index in [9.17, 15) is 4.79 Å². The van der Waals surface area contributed by atoms with Crippen LogP contribution in [0.1, 0.15) is 41.7 Å². The molecule has 0 amide bonds. The third-order valence-electron chi connectivity index (χ3n) is 4.89. The summed E-state index contributed by atoms with van der Waals surface area (Å²) < 4.78 is 11.0. The van der Waals surface area contributed by atoms with Crippen molar-refractivity contribution >= 4 is 11.3 Å². The second kappa shape index (κ2) is 8.34. The first kappa shape index (κ1) is 19.6. The number of hydrogen-bond donors (Lipinski definition) is 1. The highest BCUT2D eigenvalue weighted by molar-refractivity contribution is 7.13. The van der Waals surface area contributed by atoms with Gasteiger partial charge in [0.05, 0.1) is 18.4 Å². The number of aromatic nitrogens is 3. The van der Waals surface area contributed by atoms with Gasteiger partial charge in [0.1, 0.15) is 17.3 Å². The molecule has 1 aliphatic rings. The van der Waals surface area contributed by atoms with Crippen LogP contribution < -0.4 is 15.0 Å². The van der Waals surface area contributed by atoms with Crippen molar-refractivity contribution in [2.75, 3.05) is 13.7 Å². The van der Waals surface area contributed by atoms with Gasteiger partial charge < -0.3 is 14.5 Å². The van der Waals surface area contributed by atoms with Crippen LogP contribution in [0.3, 0.4) is 0 Å². The van der Waals surface area contributed by atoms with Crippen molar-refractivity contribution in [3.63, 3.8) is 0 Å². The zero-order chi connectivity index (χ0) is 20.4. The minimum atomic E-state index is -0.0174. The fraction of sp³-hybridized carbons (Fsp3) is 0.381. The van der Waals surface area contributed by atoms with Gasteiger partial charge >= 0.3 is 0 Å². The van der Waals surface area contributed by atoms with E-state index in [0.717, 1.165) is 53.0 Å². The second-order valence-electron chi connectivity index (χ2n) is 7.36. The number of ether oxygens (including phenoxy) is 2. The van der Waals surface area contributed by atoms with E-state index in [0.29, 0.717) is 11.7 Å². The summed E-state index contributed by atoms with van der Waals surface area (Å²) in [6.07, 6.45) is 2.62. The predicted octanol–water partition coefficient (Wildman–Crippen LogP) is 3.71. The number of methoxy groups -OCH3 is 1. The SMILES string of the molecule is COc1ccc(Oc2ncc(CN3CCc4nc(C(C)C)[nH]c(=O)c4C3)s2)cc1. The van der Waals surface area contributed by atoms with Gasteiger partial charge in [0.15, 0.2) is 0 Å². The molecule has 8 heteroatoms. The maximum absolute atomic E-state index is 12.5. The van der Waals surface area contributed by atoms with Crippen molar-refractivity contribution in [2.24, 2.45) is 0 Å². The first-order valence-electron chi connectivity index (χ1n) is 9.62. The van der Waals surface area contributed by atoms with E-state index in [4.69, 9.17) is 9.47 Å². The molecule has 0 saturated carbocycles. The zero-order valence-corrected chi connectivity index (χ0v) is 17.6. The molecule has 1 N–H and O–H groups in total. The van der Waals surface area contributed by atoms with Crippen LogP contribution in [0.4, 0.5) is 0 Å². The molecular formula is C21H24N4O3S. The minimum absolute atomic E-state index is 0.0174. The third-order valence-corrected chi connectivity index (χ3v) is 5.75. The molecule has 1 aliphatic heterocycles. The van der Waals surface area contributed by atoms with Gasteiger partial charge in [0.2, 0.25) is 0 Å². The summed E-state index contributed by atoms with van der Waals surface area (Å²) in [6, 6.07) is 7.41. The van der Waals surface area contributed by atoms with E-state index in [-0.39, 0.29) is 11.5 Å². The van der Waals surface area contributed by atoms with Gasteiger partial charge in [0.25, 0.3) is 10.8 Å². The van der Waals surface area contributed by atoms with E-state index in [2.05, 4.69) is 19.9 Å². The van der Waals surface area contributed by atoms with Crippen LogP contribution >= 0.6 is 11.3 Å². The summed E-state index contributed by atoms with van der Waals surface area (Å²) in [7, 11) is 1.63. The second-order valence-corrected chi connectivity index (χ2v) is 8.44. The van der Waals surface area contributed by atoms with Crippen molar-refractivity contribution in [3.05, 3.63) is 62.8 Å². The number of hydrogen-bond acceptors (Lipinski definition) is 7. The summed E-state index contributed by atoms with van der Waals surface area (Å²) in [5, 5.41) is 0.601. The maximum Gasteiger partial charge on any atom is 0.278 e. The Hall–Kier alpha value is -2.71. The van der Waals surface area contributed by atoms with E-state index in [1.807, 2.05) is 44.3 Å². The highest BCUT2D eigenvalue weighted by Crippen LogP contribution is 2.29. The first-order valence-corrected chi connectivity index (χ1v) is 10.4. The summed E-state index contributed by atoms with van der Waals surface area (Å²) >= 11 is 1.52. The fourth-order valence-corrected chi connectivity index (χ4v) is 4.10. The number of aromatic amines is 1. The Morgan fingerprint density at radius 1 is 1.24 bits per heavy atom. The molecule has 0 spiro atoms. The average Bonchev–Trinajstić information content (AvgIpc) is 3.15. The molecule has 7 nitrogen and oxygen atoms in total. The number of nitrogens with one attached hydrogen (secondary N) is 1. The van der Waals surface area contributed by atoms with Crippen LogP contribution in [-0.4, -0.2) is 33.5 Å². The van der Waals surface area contributed by atoms with Gasteiger partial charge in [-0.1, -0.05) is 25.2 Å². The van der Waals surface area contributed by atoms with Crippen molar-refractivity contribution in [1.82, 2.24) is 19.9 Å². The number of rotatable bonds is 6. The number of nitrogens with zero attached hydrogens (tertiary/aromatic N) is 3. The Labute approximate surface area is 173 Å². The molecule has 29 heavy (non-hydrogen) atoms. The van der Waals surface area contributed by atoms with Crippen LogP contribution in [0.2, 0.25) is 0 Å². The monoisotopic (exact) mass is 412 g/mol. The summed E-state index contributed by atoms with van der Waals surface area (Å²) in [6.45, 7) is 6.27. The van der Waals surface area contributed by atoms with Gasteiger partial charge in [-0.2, -0.15) is 0 Å². The van der Waals surface area contributed by atoms with Crippen LogP contribution in [0, 0.1) is 0 Å². The molecule has 1 aromatic carbocycles. The molecule has 0 atom stereocenters. The Balaban J connectivity index is 1.41. The standard InChI is InChI=1S/C21H24N4O3S/c1-13(2)19-23-18-8-9-25(12-17(18)20(26)24-19)11-16-10-22-21(29-16)28-15-6-4-14(27-3)5-7-15/h4-7,10,13H,8-9,11-12H2,1-3H3,(H,23,24,26). The van der Waals surface area contributed by atoms with Crippen LogP contribution in [0.15, 0.2) is 35.3 Å². The van der Waals surface area contributed by atoms with Gasteiger partial charge in [-0.25, -0.2) is 9.97 Å². The molecule has 4 rings (SSSR count). The molecule has 2 aromatic heterocycles. The third kappa shape index (κ3) is 4.49. The van der Waals surface area contributed by atoms with Crippen molar-refractivity contribution < 1.29 is 9.47 Å². The average molecular weight is 413 g/mol. The van der Waals surface area contributed by atoms with E-state index < -0.39 is 0 Å². The molecule has 3 heterocycles. The number of fused-ring (bicyclic) bond motifs is 1. The number of H-pyrrole nitrogens is 1. The highest BCUT2D eigenvalue weighted by Gasteiger charge is 2.22. The van der Waals surface area contributed by atoms with Crippen LogP contribution in [-0.2, 0) is 19.5 Å². The Morgan fingerprint density at radius 2 is 2.00 bits per heavy atom. The lowest BCUT2D eigenvalue weighted by molar-refractivity contribution is 0.243. The van der Waals surface area contributed by atoms with Gasteiger partial charge in [-0.15, -0.1) is 0 Å². The lowest BCUT2D eigenvalue weighted by Crippen LogP contribution is -2.35. The smallest absolute Gasteiger partial charge is 0.278 e. The van der Waals surface area contributed by atoms with Gasteiger partial charge in [-0.05, 0) is 24.3 Å². The van der Waals surface area contributed by atoms with E-state index in [1.54, 1.807) is 7.11 Å². The minimum Gasteiger partial charge on any atom is -0.497 e. The largest absolute Gasteiger partial charge is 0.497 e. The predicted molar refractivity (Wildman–Crippen MR) is 112 cm³/mol. The summed E-state index contributed by atoms with van der Waals surface area (Å²) in [4.78, 5) is 27.8. The quantitative estimate of drug-likeness (QED) is 0.665. The molecule has 0 aliphatic carbocycles. The summed E-state index contributed by atoms with van der Waals surface area (Å²) in [5.41, 5.74) is 1.69. The Bertz CT molecular complexity index is 1040. The van der Waals surface area contributed by atoms with Crippen molar-refractivity contribution in [2.45, 2.75) is 39.3 Å². The van der Waals surface area contributed by atoms with Crippen molar-refractivity contribution in [3.8, 4) is 16.7 Å². The Morgan fingerprint density at radius 3 is 2.72 bits per heavy atom.